The highest BCUT2D eigenvalue weighted by Gasteiger charge is 2.17. The maximum absolute atomic E-state index is 4.49. The van der Waals surface area contributed by atoms with Crippen LogP contribution in [0.5, 0.6) is 0 Å². The molecule has 2 aromatic heterocycles. The fraction of sp³-hybridized carbons (Fsp3) is 0.333. The predicted molar refractivity (Wildman–Crippen MR) is 168 cm³/mol. The molecular formula is C30H40N8S2. The fourth-order valence-electron chi connectivity index (χ4n) is 4.58. The lowest BCUT2D eigenvalue weighted by Crippen LogP contribution is -2.36. The van der Waals surface area contributed by atoms with E-state index in [1.165, 1.54) is 11.4 Å². The molecule has 3 heterocycles. The minimum atomic E-state index is 0. The van der Waals surface area contributed by atoms with Gasteiger partial charge in [0.1, 0.15) is 23.8 Å². The van der Waals surface area contributed by atoms with Gasteiger partial charge < -0.3 is 24.7 Å². The first kappa shape index (κ1) is 31.0. The van der Waals surface area contributed by atoms with Crippen molar-refractivity contribution in [3.63, 3.8) is 0 Å². The van der Waals surface area contributed by atoms with Crippen LogP contribution in [0.1, 0.15) is 24.0 Å². The SMILES string of the molecule is Cc1cc(N2CCCN(c3ccc(N=Nc4scc[n+]4C)c(C)c3)CCC2)ccc1N=Nc1scc[n+]1C.[CH3-].[CH3-]. The Labute approximate surface area is 247 Å². The van der Waals surface area contributed by atoms with Gasteiger partial charge in [-0.1, -0.05) is 0 Å². The second-order valence-electron chi connectivity index (χ2n) is 9.62. The van der Waals surface area contributed by atoms with Crippen LogP contribution in [-0.2, 0) is 14.1 Å². The number of thiazole rings is 2. The molecule has 2 aromatic carbocycles. The van der Waals surface area contributed by atoms with Crippen LogP contribution in [0, 0.1) is 28.7 Å². The molecule has 0 N–H and O–H groups in total. The van der Waals surface area contributed by atoms with Gasteiger partial charge in [-0.25, -0.2) is 9.13 Å². The van der Waals surface area contributed by atoms with E-state index in [4.69, 9.17) is 0 Å². The highest BCUT2D eigenvalue weighted by molar-refractivity contribution is 7.13. The van der Waals surface area contributed by atoms with E-state index in [2.05, 4.69) is 80.5 Å². The average Bonchev–Trinajstić information content (AvgIpc) is 3.49. The first-order valence-corrected chi connectivity index (χ1v) is 14.6. The van der Waals surface area contributed by atoms with Gasteiger partial charge in [-0.05, 0) is 107 Å². The highest BCUT2D eigenvalue weighted by Crippen LogP contribution is 2.30. The van der Waals surface area contributed by atoms with Gasteiger partial charge in [0.05, 0.1) is 24.3 Å². The number of hydrogen-bond acceptors (Lipinski definition) is 8. The summed E-state index contributed by atoms with van der Waals surface area (Å²) in [7, 11) is 3.97. The quantitative estimate of drug-likeness (QED) is 0.133. The zero-order valence-corrected chi connectivity index (χ0v) is 26.0. The van der Waals surface area contributed by atoms with Gasteiger partial charge in [-0.2, -0.15) is 0 Å². The number of rotatable bonds is 6. The molecule has 0 amide bonds. The summed E-state index contributed by atoms with van der Waals surface area (Å²) in [5.41, 5.74) is 6.66. The summed E-state index contributed by atoms with van der Waals surface area (Å²) >= 11 is 3.18. The van der Waals surface area contributed by atoms with Crippen LogP contribution in [0.3, 0.4) is 0 Å². The molecule has 0 unspecified atom stereocenters. The maximum Gasteiger partial charge on any atom is 0.408 e. The van der Waals surface area contributed by atoms with Gasteiger partial charge in [0.15, 0.2) is 0 Å². The molecule has 40 heavy (non-hydrogen) atoms. The third-order valence-electron chi connectivity index (χ3n) is 6.81. The molecule has 1 saturated heterocycles. The van der Waals surface area contributed by atoms with Crippen molar-refractivity contribution in [1.29, 1.82) is 0 Å². The summed E-state index contributed by atoms with van der Waals surface area (Å²) in [6.07, 6.45) is 6.19. The van der Waals surface area contributed by atoms with Crippen molar-refractivity contribution in [3.8, 4) is 0 Å². The Balaban J connectivity index is 0.00000220. The molecule has 0 atom stereocenters. The van der Waals surface area contributed by atoms with E-state index in [0.29, 0.717) is 0 Å². The lowest BCUT2D eigenvalue weighted by molar-refractivity contribution is -0.654. The summed E-state index contributed by atoms with van der Waals surface area (Å²) in [4.78, 5) is 5.01. The van der Waals surface area contributed by atoms with Crippen LogP contribution in [0.4, 0.5) is 33.0 Å². The third-order valence-corrected chi connectivity index (χ3v) is 8.49. The van der Waals surface area contributed by atoms with Crippen LogP contribution in [0.15, 0.2) is 80.0 Å². The largest absolute Gasteiger partial charge is 0.408 e. The molecule has 1 fully saturated rings. The van der Waals surface area contributed by atoms with Crippen LogP contribution >= 0.6 is 22.7 Å². The van der Waals surface area contributed by atoms with Gasteiger partial charge in [-0.15, -0.1) is 0 Å². The summed E-state index contributed by atoms with van der Waals surface area (Å²) in [6.45, 7) is 8.36. The van der Waals surface area contributed by atoms with Crippen LogP contribution in [0.2, 0.25) is 0 Å². The number of benzene rings is 2. The molecule has 0 radical (unpaired) electrons. The second kappa shape index (κ2) is 14.2. The number of aryl methyl sites for hydroxylation is 4. The molecule has 1 aliphatic heterocycles. The predicted octanol–water partition coefficient (Wildman–Crippen LogP) is 7.91. The molecule has 0 spiro atoms. The first-order valence-electron chi connectivity index (χ1n) is 12.9. The van der Waals surface area contributed by atoms with Crippen molar-refractivity contribution >= 4 is 55.7 Å². The topological polar surface area (TPSA) is 63.7 Å². The molecule has 0 bridgehead atoms. The Kier molecular flexibility index (Phi) is 11.0. The third kappa shape index (κ3) is 7.37. The van der Waals surface area contributed by atoms with Crippen LogP contribution in [0.25, 0.3) is 0 Å². The minimum Gasteiger partial charge on any atom is -0.371 e. The zero-order valence-electron chi connectivity index (χ0n) is 24.4. The fourth-order valence-corrected chi connectivity index (χ4v) is 5.94. The maximum atomic E-state index is 4.49. The van der Waals surface area contributed by atoms with Gasteiger partial charge >= 0.3 is 10.3 Å². The molecule has 5 rings (SSSR count). The van der Waals surface area contributed by atoms with E-state index in [1.54, 1.807) is 22.7 Å². The normalized spacial score (nSPS) is 14.2. The Morgan fingerprint density at radius 2 is 1.02 bits per heavy atom. The average molecular weight is 577 g/mol. The minimum absolute atomic E-state index is 0. The number of aromatic nitrogens is 2. The number of hydrogen-bond donors (Lipinski definition) is 0. The molecule has 212 valence electrons. The van der Waals surface area contributed by atoms with Crippen molar-refractivity contribution in [1.82, 2.24) is 0 Å². The van der Waals surface area contributed by atoms with Gasteiger partial charge in [-0.3, -0.25) is 0 Å². The van der Waals surface area contributed by atoms with Gasteiger partial charge in [0, 0.05) is 48.3 Å². The van der Waals surface area contributed by atoms with E-state index >= 15 is 0 Å². The van der Waals surface area contributed by atoms with Crippen molar-refractivity contribution in [3.05, 3.63) is 85.5 Å². The standard InChI is InChI=1S/C28H34N8S2.2CH3/c1-21-19-23(7-9-25(21)29-31-27-33(3)15-17-37-27)35-11-5-13-36(14-6-12-35)24-8-10-26(22(2)20-24)30-32-28-34(4)16-18-38-28;;/h7-10,15-20H,5-6,11-14H2,1-4H3;2*1H3/q+2;2*-1. The number of anilines is 2. The molecule has 8 nitrogen and oxygen atoms in total. The molecule has 1 aliphatic rings. The highest BCUT2D eigenvalue weighted by atomic mass is 32.1. The Hall–Kier alpha value is -3.50. The zero-order chi connectivity index (χ0) is 26.5. The summed E-state index contributed by atoms with van der Waals surface area (Å²) < 4.78 is 3.96. The Bertz CT molecular complexity index is 1340. The van der Waals surface area contributed by atoms with Crippen molar-refractivity contribution < 1.29 is 9.13 Å². The number of azo groups is 2. The van der Waals surface area contributed by atoms with E-state index in [1.807, 2.05) is 46.4 Å². The van der Waals surface area contributed by atoms with E-state index in [-0.39, 0.29) is 14.9 Å². The van der Waals surface area contributed by atoms with E-state index in [0.717, 1.165) is 71.8 Å². The smallest absolute Gasteiger partial charge is 0.371 e. The lowest BCUT2D eigenvalue weighted by Gasteiger charge is -2.33. The van der Waals surface area contributed by atoms with Gasteiger partial charge in [0.25, 0.3) is 0 Å². The number of nitrogens with zero attached hydrogens (tertiary/aromatic N) is 8. The molecule has 0 aliphatic carbocycles. The second-order valence-corrected chi connectivity index (χ2v) is 11.4. The van der Waals surface area contributed by atoms with E-state index in [9.17, 15) is 0 Å². The molecule has 0 saturated carbocycles. The van der Waals surface area contributed by atoms with Crippen molar-refractivity contribution in [2.75, 3.05) is 36.0 Å². The molecule has 4 aromatic rings. The van der Waals surface area contributed by atoms with Crippen LogP contribution in [-0.4, -0.2) is 26.2 Å². The lowest BCUT2D eigenvalue weighted by atomic mass is 10.1. The van der Waals surface area contributed by atoms with Crippen molar-refractivity contribution in [2.24, 2.45) is 34.6 Å². The summed E-state index contributed by atoms with van der Waals surface area (Å²) in [6, 6.07) is 13.0. The molecule has 10 heteroatoms. The Morgan fingerprint density at radius 3 is 1.35 bits per heavy atom. The monoisotopic (exact) mass is 576 g/mol. The van der Waals surface area contributed by atoms with E-state index < -0.39 is 0 Å². The van der Waals surface area contributed by atoms with Crippen LogP contribution < -0.4 is 18.9 Å². The summed E-state index contributed by atoms with van der Waals surface area (Å²) in [5, 5.41) is 23.6. The summed E-state index contributed by atoms with van der Waals surface area (Å²) in [5.74, 6) is 0. The Morgan fingerprint density at radius 1 is 0.625 bits per heavy atom. The molecular weight excluding hydrogens is 537 g/mol. The van der Waals surface area contributed by atoms with Gasteiger partial charge in [0.2, 0.25) is 0 Å². The first-order chi connectivity index (χ1) is 18.5. The van der Waals surface area contributed by atoms with Crippen molar-refractivity contribution in [2.45, 2.75) is 26.7 Å².